The molecule has 0 saturated carbocycles. The van der Waals surface area contributed by atoms with Crippen LogP contribution < -0.4 is 4.72 Å². The van der Waals surface area contributed by atoms with Crippen molar-refractivity contribution in [2.45, 2.75) is 43.6 Å². The van der Waals surface area contributed by atoms with Crippen LogP contribution in [0.15, 0.2) is 21.6 Å². The third-order valence-electron chi connectivity index (χ3n) is 2.92. The largest absolute Gasteiger partial charge is 0.446 e. The van der Waals surface area contributed by atoms with Crippen molar-refractivity contribution in [3.8, 4) is 0 Å². The van der Waals surface area contributed by atoms with Crippen LogP contribution in [-0.2, 0) is 21.4 Å². The molecule has 0 aliphatic carbocycles. The highest BCUT2D eigenvalue weighted by atomic mass is 32.2. The molecule has 2 N–H and O–H groups in total. The molecule has 102 valence electrons. The molecule has 2 unspecified atom stereocenters. The van der Waals surface area contributed by atoms with E-state index in [2.05, 4.69) is 4.72 Å². The second kappa shape index (κ2) is 5.40. The number of aliphatic hydroxyl groups excluding tert-OH is 1. The van der Waals surface area contributed by atoms with Crippen LogP contribution >= 0.6 is 0 Å². The topological polar surface area (TPSA) is 88.8 Å². The lowest BCUT2D eigenvalue weighted by molar-refractivity contribution is 0.0901. The van der Waals surface area contributed by atoms with Crippen LogP contribution in [0.2, 0.25) is 0 Å². The van der Waals surface area contributed by atoms with E-state index in [1.807, 2.05) is 0 Å². The van der Waals surface area contributed by atoms with Gasteiger partial charge in [-0.25, -0.2) is 13.1 Å². The monoisotopic (exact) mass is 275 g/mol. The zero-order chi connectivity index (χ0) is 13.2. The molecule has 2 atom stereocenters. The third kappa shape index (κ3) is 2.92. The average Bonchev–Trinajstić information content (AvgIpc) is 3.00. The number of rotatable bonds is 5. The molecule has 1 aromatic rings. The molecule has 7 heteroatoms. The summed E-state index contributed by atoms with van der Waals surface area (Å²) in [6, 6.07) is 2.46. The van der Waals surface area contributed by atoms with Gasteiger partial charge in [-0.2, -0.15) is 0 Å². The molecule has 1 saturated heterocycles. The van der Waals surface area contributed by atoms with Crippen LogP contribution in [0.3, 0.4) is 0 Å². The Bertz CT molecular complexity index is 489. The van der Waals surface area contributed by atoms with Crippen molar-refractivity contribution in [2.24, 2.45) is 0 Å². The standard InChI is InChI=1S/C11H17NO5S/c1-8(10-3-2-6-16-10)12-18(14,15)11-5-4-9(7-13)17-11/h4-5,8,10,12-13H,2-3,6-7H2,1H3. The molecule has 0 bridgehead atoms. The quantitative estimate of drug-likeness (QED) is 0.822. The fourth-order valence-corrected chi connectivity index (χ4v) is 3.18. The number of nitrogens with one attached hydrogen (secondary N) is 1. The molecule has 18 heavy (non-hydrogen) atoms. The molecule has 2 rings (SSSR count). The Balaban J connectivity index is 2.06. The molecule has 1 fully saturated rings. The number of hydrogen-bond donors (Lipinski definition) is 2. The van der Waals surface area contributed by atoms with Crippen LogP contribution in [0, 0.1) is 0 Å². The summed E-state index contributed by atoms with van der Waals surface area (Å²) in [5, 5.41) is 8.66. The normalized spacial score (nSPS) is 22.2. The summed E-state index contributed by atoms with van der Waals surface area (Å²) >= 11 is 0. The van der Waals surface area contributed by atoms with E-state index < -0.39 is 10.0 Å². The van der Waals surface area contributed by atoms with Gasteiger partial charge in [0, 0.05) is 12.6 Å². The van der Waals surface area contributed by atoms with Gasteiger partial charge in [0.05, 0.1) is 6.10 Å². The van der Waals surface area contributed by atoms with E-state index in [-0.39, 0.29) is 29.6 Å². The van der Waals surface area contributed by atoms with Crippen molar-refractivity contribution in [1.82, 2.24) is 4.72 Å². The maximum atomic E-state index is 12.0. The molecular weight excluding hydrogens is 258 g/mol. The Morgan fingerprint density at radius 1 is 1.56 bits per heavy atom. The first-order valence-corrected chi connectivity index (χ1v) is 7.35. The first-order chi connectivity index (χ1) is 8.53. The predicted octanol–water partition coefficient (Wildman–Crippen LogP) is 0.618. The van der Waals surface area contributed by atoms with Crippen molar-refractivity contribution in [3.05, 3.63) is 17.9 Å². The van der Waals surface area contributed by atoms with Crippen LogP contribution in [0.5, 0.6) is 0 Å². The maximum Gasteiger partial charge on any atom is 0.274 e. The summed E-state index contributed by atoms with van der Waals surface area (Å²) in [6.07, 6.45) is 1.71. The Kier molecular flexibility index (Phi) is 4.06. The van der Waals surface area contributed by atoms with Gasteiger partial charge in [0.2, 0.25) is 5.09 Å². The molecule has 0 spiro atoms. The van der Waals surface area contributed by atoms with Crippen LogP contribution in [0.1, 0.15) is 25.5 Å². The van der Waals surface area contributed by atoms with Gasteiger partial charge in [-0.05, 0) is 31.9 Å². The van der Waals surface area contributed by atoms with Crippen LogP contribution in [0.4, 0.5) is 0 Å². The fourth-order valence-electron chi connectivity index (χ4n) is 1.96. The van der Waals surface area contributed by atoms with Gasteiger partial charge >= 0.3 is 0 Å². The van der Waals surface area contributed by atoms with E-state index >= 15 is 0 Å². The van der Waals surface area contributed by atoms with Gasteiger partial charge in [-0.3, -0.25) is 0 Å². The van der Waals surface area contributed by atoms with Gasteiger partial charge in [-0.1, -0.05) is 0 Å². The van der Waals surface area contributed by atoms with Crippen molar-refractivity contribution in [2.75, 3.05) is 6.61 Å². The molecular formula is C11H17NO5S. The van der Waals surface area contributed by atoms with Crippen molar-refractivity contribution < 1.29 is 22.7 Å². The van der Waals surface area contributed by atoms with E-state index in [1.54, 1.807) is 6.92 Å². The highest BCUT2D eigenvalue weighted by Crippen LogP contribution is 2.19. The van der Waals surface area contributed by atoms with Gasteiger partial charge < -0.3 is 14.3 Å². The van der Waals surface area contributed by atoms with E-state index in [9.17, 15) is 8.42 Å². The highest BCUT2D eigenvalue weighted by molar-refractivity contribution is 7.89. The zero-order valence-corrected chi connectivity index (χ0v) is 10.9. The summed E-state index contributed by atoms with van der Waals surface area (Å²) < 4.78 is 36.9. The predicted molar refractivity (Wildman–Crippen MR) is 63.4 cm³/mol. The first-order valence-electron chi connectivity index (χ1n) is 5.86. The summed E-state index contributed by atoms with van der Waals surface area (Å²) in [5.41, 5.74) is 0. The number of hydrogen-bond acceptors (Lipinski definition) is 5. The van der Waals surface area contributed by atoms with Gasteiger partial charge in [0.1, 0.15) is 12.4 Å². The average molecular weight is 275 g/mol. The van der Waals surface area contributed by atoms with Gasteiger partial charge in [-0.15, -0.1) is 0 Å². The molecule has 0 amide bonds. The molecule has 2 heterocycles. The van der Waals surface area contributed by atoms with Gasteiger partial charge in [0.15, 0.2) is 0 Å². The van der Waals surface area contributed by atoms with Crippen LogP contribution in [-0.4, -0.2) is 32.3 Å². The van der Waals surface area contributed by atoms with Crippen molar-refractivity contribution >= 4 is 10.0 Å². The molecule has 1 aromatic heterocycles. The molecule has 0 radical (unpaired) electrons. The Morgan fingerprint density at radius 3 is 2.89 bits per heavy atom. The summed E-state index contributed by atoms with van der Waals surface area (Å²) in [7, 11) is -3.69. The number of sulfonamides is 1. The minimum atomic E-state index is -3.69. The minimum Gasteiger partial charge on any atom is -0.446 e. The second-order valence-electron chi connectivity index (χ2n) is 4.34. The molecule has 0 aromatic carbocycles. The van der Waals surface area contributed by atoms with Crippen molar-refractivity contribution in [3.63, 3.8) is 0 Å². The lowest BCUT2D eigenvalue weighted by atomic mass is 10.1. The Labute approximate surface area is 106 Å². The van der Waals surface area contributed by atoms with E-state index in [0.29, 0.717) is 6.61 Å². The molecule has 1 aliphatic rings. The number of furan rings is 1. The lowest BCUT2D eigenvalue weighted by Gasteiger charge is -2.18. The fraction of sp³-hybridized carbons (Fsp3) is 0.636. The SMILES string of the molecule is CC(NS(=O)(=O)c1ccc(CO)o1)C1CCCO1. The van der Waals surface area contributed by atoms with Crippen LogP contribution in [0.25, 0.3) is 0 Å². The number of aliphatic hydroxyl groups is 1. The Hall–Kier alpha value is -0.890. The summed E-state index contributed by atoms with van der Waals surface area (Å²) in [4.78, 5) is 0. The van der Waals surface area contributed by atoms with Gasteiger partial charge in [0.25, 0.3) is 10.0 Å². The molecule has 1 aliphatic heterocycles. The van der Waals surface area contributed by atoms with Crippen molar-refractivity contribution in [1.29, 1.82) is 0 Å². The van der Waals surface area contributed by atoms with E-state index in [0.717, 1.165) is 12.8 Å². The maximum absolute atomic E-state index is 12.0. The van der Waals surface area contributed by atoms with E-state index in [1.165, 1.54) is 12.1 Å². The molecule has 6 nitrogen and oxygen atoms in total. The summed E-state index contributed by atoms with van der Waals surface area (Å²) in [6.45, 7) is 2.12. The smallest absolute Gasteiger partial charge is 0.274 e. The Morgan fingerprint density at radius 2 is 2.33 bits per heavy atom. The first kappa shape index (κ1) is 13.5. The zero-order valence-electron chi connectivity index (χ0n) is 10.1. The minimum absolute atomic E-state index is 0.0907. The second-order valence-corrected chi connectivity index (χ2v) is 5.99. The summed E-state index contributed by atoms with van der Waals surface area (Å²) in [5.74, 6) is 0.222. The van der Waals surface area contributed by atoms with E-state index in [4.69, 9.17) is 14.3 Å². The highest BCUT2D eigenvalue weighted by Gasteiger charge is 2.28. The lowest BCUT2D eigenvalue weighted by Crippen LogP contribution is -2.40. The third-order valence-corrected chi connectivity index (χ3v) is 4.35. The number of ether oxygens (including phenoxy) is 1.